The molecule has 0 bridgehead atoms. The minimum Gasteiger partial charge on any atom is -0.472 e. The Hall–Kier alpha value is -1.36. The molecule has 2 rings (SSSR count). The lowest BCUT2D eigenvalue weighted by atomic mass is 9.79. The van der Waals surface area contributed by atoms with E-state index in [0.717, 1.165) is 44.1 Å². The molecule has 0 aromatic carbocycles. The maximum absolute atomic E-state index is 12.5. The zero-order chi connectivity index (χ0) is 13.7. The molecule has 19 heavy (non-hydrogen) atoms. The number of nitrogens with one attached hydrogen (secondary N) is 1. The molecule has 1 heterocycles. The van der Waals surface area contributed by atoms with Gasteiger partial charge in [-0.15, -0.1) is 0 Å². The maximum Gasteiger partial charge on any atom is 0.233 e. The van der Waals surface area contributed by atoms with E-state index in [1.165, 1.54) is 0 Å². The van der Waals surface area contributed by atoms with Crippen molar-refractivity contribution in [2.75, 3.05) is 0 Å². The molecule has 0 unspecified atom stereocenters. The molecule has 3 N–H and O–H groups in total. The third-order valence-corrected chi connectivity index (χ3v) is 4.29. The minimum atomic E-state index is -0.657. The van der Waals surface area contributed by atoms with E-state index in [1.54, 1.807) is 12.5 Å². The second-order valence-corrected chi connectivity index (χ2v) is 5.61. The second-order valence-electron chi connectivity index (χ2n) is 5.17. The summed E-state index contributed by atoms with van der Waals surface area (Å²) in [5.74, 6) is -0.0388. The smallest absolute Gasteiger partial charge is 0.233 e. The van der Waals surface area contributed by atoms with Gasteiger partial charge in [-0.2, -0.15) is 0 Å². The van der Waals surface area contributed by atoms with E-state index in [9.17, 15) is 4.79 Å². The molecule has 0 radical (unpaired) electrons. The fraction of sp³-hybridized carbons (Fsp3) is 0.571. The number of amides is 1. The monoisotopic (exact) mass is 280 g/mol. The lowest BCUT2D eigenvalue weighted by Gasteiger charge is -2.30. The number of furan rings is 1. The van der Waals surface area contributed by atoms with Crippen LogP contribution in [0.3, 0.4) is 0 Å². The SMILES string of the molecule is NC(=S)C1(C(=O)NCc2ccoc2)CCCCCC1. The van der Waals surface area contributed by atoms with Crippen LogP contribution < -0.4 is 11.1 Å². The van der Waals surface area contributed by atoms with E-state index in [2.05, 4.69) is 5.32 Å². The fourth-order valence-corrected chi connectivity index (χ4v) is 2.96. The van der Waals surface area contributed by atoms with Crippen LogP contribution in [0.5, 0.6) is 0 Å². The van der Waals surface area contributed by atoms with Gasteiger partial charge in [0.2, 0.25) is 5.91 Å². The van der Waals surface area contributed by atoms with E-state index < -0.39 is 5.41 Å². The third kappa shape index (κ3) is 3.15. The Labute approximate surface area is 118 Å². The number of nitrogens with two attached hydrogens (primary N) is 1. The van der Waals surface area contributed by atoms with Gasteiger partial charge in [0.1, 0.15) is 0 Å². The first-order valence-electron chi connectivity index (χ1n) is 6.74. The van der Waals surface area contributed by atoms with Gasteiger partial charge in [0.05, 0.1) is 22.9 Å². The van der Waals surface area contributed by atoms with E-state index in [4.69, 9.17) is 22.4 Å². The number of hydrogen-bond acceptors (Lipinski definition) is 3. The molecule has 104 valence electrons. The van der Waals surface area contributed by atoms with Crippen molar-refractivity contribution in [2.24, 2.45) is 11.1 Å². The van der Waals surface area contributed by atoms with Gasteiger partial charge >= 0.3 is 0 Å². The van der Waals surface area contributed by atoms with Crippen LogP contribution in [0.15, 0.2) is 23.0 Å². The largest absolute Gasteiger partial charge is 0.472 e. The number of carbonyl (C=O) groups excluding carboxylic acids is 1. The van der Waals surface area contributed by atoms with Crippen molar-refractivity contribution in [3.8, 4) is 0 Å². The first-order chi connectivity index (χ1) is 9.15. The van der Waals surface area contributed by atoms with Crippen molar-refractivity contribution in [3.05, 3.63) is 24.2 Å². The number of carbonyl (C=O) groups is 1. The highest BCUT2D eigenvalue weighted by atomic mass is 32.1. The minimum absolute atomic E-state index is 0.0388. The van der Waals surface area contributed by atoms with Crippen molar-refractivity contribution < 1.29 is 9.21 Å². The molecule has 0 saturated heterocycles. The van der Waals surface area contributed by atoms with Crippen LogP contribution >= 0.6 is 12.2 Å². The van der Waals surface area contributed by atoms with Gasteiger partial charge in [0.25, 0.3) is 0 Å². The van der Waals surface area contributed by atoms with Gasteiger partial charge in [-0.1, -0.05) is 37.9 Å². The van der Waals surface area contributed by atoms with Crippen molar-refractivity contribution in [1.29, 1.82) is 0 Å². The predicted molar refractivity (Wildman–Crippen MR) is 77.5 cm³/mol. The van der Waals surface area contributed by atoms with Gasteiger partial charge in [-0.05, 0) is 18.9 Å². The van der Waals surface area contributed by atoms with Crippen LogP contribution in [0.1, 0.15) is 44.1 Å². The molecule has 1 amide bonds. The van der Waals surface area contributed by atoms with Gasteiger partial charge in [-0.3, -0.25) is 4.79 Å². The van der Waals surface area contributed by atoms with E-state index >= 15 is 0 Å². The van der Waals surface area contributed by atoms with Crippen LogP contribution in [0.2, 0.25) is 0 Å². The first-order valence-corrected chi connectivity index (χ1v) is 7.15. The molecule has 0 spiro atoms. The van der Waals surface area contributed by atoms with Crippen LogP contribution in [-0.2, 0) is 11.3 Å². The number of thiocarbonyl (C=S) groups is 1. The summed E-state index contributed by atoms with van der Waals surface area (Å²) in [6, 6.07) is 1.83. The van der Waals surface area contributed by atoms with E-state index in [1.807, 2.05) is 6.07 Å². The number of rotatable bonds is 4. The fourth-order valence-electron chi connectivity index (χ4n) is 2.66. The quantitative estimate of drug-likeness (QED) is 0.657. The lowest BCUT2D eigenvalue weighted by Crippen LogP contribution is -2.48. The summed E-state index contributed by atoms with van der Waals surface area (Å²) >= 11 is 5.18. The molecule has 4 nitrogen and oxygen atoms in total. The molecule has 1 aliphatic carbocycles. The van der Waals surface area contributed by atoms with Crippen LogP contribution in [-0.4, -0.2) is 10.9 Å². The van der Waals surface area contributed by atoms with E-state index in [0.29, 0.717) is 11.5 Å². The highest BCUT2D eigenvalue weighted by Gasteiger charge is 2.41. The molecule has 1 aromatic rings. The Morgan fingerprint density at radius 2 is 2.05 bits per heavy atom. The van der Waals surface area contributed by atoms with Crippen LogP contribution in [0.25, 0.3) is 0 Å². The molecule has 1 fully saturated rings. The molecule has 1 saturated carbocycles. The molecule has 5 heteroatoms. The predicted octanol–water partition coefficient (Wildman–Crippen LogP) is 2.52. The summed E-state index contributed by atoms with van der Waals surface area (Å²) in [7, 11) is 0. The summed E-state index contributed by atoms with van der Waals surface area (Å²) in [5, 5.41) is 2.94. The standard InChI is InChI=1S/C14H20N2O2S/c15-12(19)14(6-3-1-2-4-7-14)13(17)16-9-11-5-8-18-10-11/h5,8,10H,1-4,6-7,9H2,(H2,15,19)(H,16,17). The van der Waals surface area contributed by atoms with Crippen LogP contribution in [0, 0.1) is 5.41 Å². The average Bonchev–Trinajstić information content (AvgIpc) is 2.78. The Bertz CT molecular complexity index is 434. The average molecular weight is 280 g/mol. The summed E-state index contributed by atoms with van der Waals surface area (Å²) in [4.78, 5) is 12.8. The molecular weight excluding hydrogens is 260 g/mol. The molecule has 0 atom stereocenters. The van der Waals surface area contributed by atoms with Gasteiger partial charge in [0, 0.05) is 12.1 Å². The summed E-state index contributed by atoms with van der Waals surface area (Å²) < 4.78 is 4.98. The van der Waals surface area contributed by atoms with Crippen molar-refractivity contribution in [2.45, 2.75) is 45.1 Å². The summed E-state index contributed by atoms with van der Waals surface area (Å²) in [6.45, 7) is 0.458. The van der Waals surface area contributed by atoms with Gasteiger partial charge < -0.3 is 15.5 Å². The van der Waals surface area contributed by atoms with Gasteiger partial charge in [0.15, 0.2) is 0 Å². The molecule has 1 aliphatic rings. The zero-order valence-corrected chi connectivity index (χ0v) is 11.8. The topological polar surface area (TPSA) is 68.3 Å². The van der Waals surface area contributed by atoms with Crippen molar-refractivity contribution >= 4 is 23.1 Å². The summed E-state index contributed by atoms with van der Waals surface area (Å²) in [5.41, 5.74) is 6.16. The first kappa shape index (κ1) is 14.1. The molecule has 0 aliphatic heterocycles. The maximum atomic E-state index is 12.5. The van der Waals surface area contributed by atoms with Crippen molar-refractivity contribution in [3.63, 3.8) is 0 Å². The highest BCUT2D eigenvalue weighted by Crippen LogP contribution is 2.35. The Morgan fingerprint density at radius 1 is 1.37 bits per heavy atom. The molecule has 1 aromatic heterocycles. The third-order valence-electron chi connectivity index (χ3n) is 3.90. The van der Waals surface area contributed by atoms with E-state index in [-0.39, 0.29) is 5.91 Å². The number of hydrogen-bond donors (Lipinski definition) is 2. The Morgan fingerprint density at radius 3 is 2.58 bits per heavy atom. The Balaban J connectivity index is 2.05. The van der Waals surface area contributed by atoms with Crippen LogP contribution in [0.4, 0.5) is 0 Å². The second kappa shape index (κ2) is 6.19. The normalized spacial score (nSPS) is 18.5. The summed E-state index contributed by atoms with van der Waals surface area (Å²) in [6.07, 6.45) is 9.07. The Kier molecular flexibility index (Phi) is 4.58. The zero-order valence-electron chi connectivity index (χ0n) is 11.0. The highest BCUT2D eigenvalue weighted by molar-refractivity contribution is 7.80. The lowest BCUT2D eigenvalue weighted by molar-refractivity contribution is -0.128. The molecular formula is C14H20N2O2S. The van der Waals surface area contributed by atoms with Gasteiger partial charge in [-0.25, -0.2) is 0 Å². The van der Waals surface area contributed by atoms with Crippen molar-refractivity contribution in [1.82, 2.24) is 5.32 Å².